The fraction of sp³-hybridized carbons (Fsp3) is 0.400. The van der Waals surface area contributed by atoms with E-state index in [1.807, 2.05) is 25.3 Å². The highest BCUT2D eigenvalue weighted by atomic mass is 16.5. The minimum Gasteiger partial charge on any atom is -0.372 e. The topological polar surface area (TPSA) is 64.0 Å². The molecule has 0 spiro atoms. The zero-order valence-corrected chi connectivity index (χ0v) is 15.2. The summed E-state index contributed by atoms with van der Waals surface area (Å²) in [4.78, 5) is 20.0. The van der Waals surface area contributed by atoms with E-state index >= 15 is 0 Å². The van der Waals surface area contributed by atoms with Gasteiger partial charge in [-0.05, 0) is 49.9 Å². The van der Waals surface area contributed by atoms with Gasteiger partial charge in [0, 0.05) is 31.2 Å². The molecule has 0 unspecified atom stereocenters. The van der Waals surface area contributed by atoms with Gasteiger partial charge in [0.25, 0.3) is 0 Å². The Morgan fingerprint density at radius 2 is 2.19 bits per heavy atom. The number of anilines is 1. The largest absolute Gasteiger partial charge is 0.372 e. The molecule has 1 saturated heterocycles. The highest BCUT2D eigenvalue weighted by Gasteiger charge is 2.24. The maximum absolute atomic E-state index is 6.14. The summed E-state index contributed by atoms with van der Waals surface area (Å²) >= 11 is 0. The zero-order chi connectivity index (χ0) is 17.9. The van der Waals surface area contributed by atoms with E-state index in [2.05, 4.69) is 37.8 Å². The number of aromatic nitrogens is 4. The highest BCUT2D eigenvalue weighted by Crippen LogP contribution is 2.28. The van der Waals surface area contributed by atoms with Crippen molar-refractivity contribution in [2.75, 3.05) is 18.0 Å². The molecular formula is C20H23N5O. The molecular weight excluding hydrogens is 326 g/mol. The summed E-state index contributed by atoms with van der Waals surface area (Å²) in [7, 11) is 0. The highest BCUT2D eigenvalue weighted by molar-refractivity contribution is 5.90. The Kier molecular flexibility index (Phi) is 4.75. The van der Waals surface area contributed by atoms with Gasteiger partial charge in [-0.3, -0.25) is 4.98 Å². The second kappa shape index (κ2) is 7.33. The van der Waals surface area contributed by atoms with Crippen LogP contribution in [0.3, 0.4) is 0 Å². The molecule has 6 heteroatoms. The van der Waals surface area contributed by atoms with Crippen molar-refractivity contribution in [2.45, 2.75) is 39.4 Å². The van der Waals surface area contributed by atoms with Gasteiger partial charge in [0.2, 0.25) is 0 Å². The van der Waals surface area contributed by atoms with Crippen LogP contribution in [0.5, 0.6) is 0 Å². The molecule has 6 nitrogen and oxygen atoms in total. The number of ether oxygens (including phenoxy) is 1. The first kappa shape index (κ1) is 16.8. The van der Waals surface area contributed by atoms with Crippen molar-refractivity contribution in [2.24, 2.45) is 0 Å². The summed E-state index contributed by atoms with van der Waals surface area (Å²) in [5.41, 5.74) is 4.02. The normalized spacial score (nSPS) is 17.6. The van der Waals surface area contributed by atoms with E-state index < -0.39 is 0 Å². The second-order valence-corrected chi connectivity index (χ2v) is 6.86. The van der Waals surface area contributed by atoms with Crippen molar-refractivity contribution in [1.82, 2.24) is 19.9 Å². The molecule has 0 amide bonds. The number of hydrogen-bond donors (Lipinski definition) is 0. The van der Waals surface area contributed by atoms with Crippen molar-refractivity contribution in [3.05, 3.63) is 53.7 Å². The minimum absolute atomic E-state index is 0.188. The van der Waals surface area contributed by atoms with Crippen LogP contribution in [0.15, 0.2) is 36.9 Å². The predicted octanol–water partition coefficient (Wildman–Crippen LogP) is 3.22. The average Bonchev–Trinajstić information content (AvgIpc) is 2.67. The molecule has 4 rings (SSSR count). The first-order valence-electron chi connectivity index (χ1n) is 9.05. The molecule has 1 aliphatic heterocycles. The van der Waals surface area contributed by atoms with Gasteiger partial charge in [-0.25, -0.2) is 15.0 Å². The molecule has 134 valence electrons. The SMILES string of the molecule is Cc1cc(C)c2c(N3CCC[C@@H](OCc4cccnc4)C3)ncnc2n1. The molecule has 0 bridgehead atoms. The summed E-state index contributed by atoms with van der Waals surface area (Å²) in [5, 5.41) is 1.05. The zero-order valence-electron chi connectivity index (χ0n) is 15.2. The van der Waals surface area contributed by atoms with E-state index in [1.54, 1.807) is 12.5 Å². The average molecular weight is 349 g/mol. The van der Waals surface area contributed by atoms with Gasteiger partial charge in [0.15, 0.2) is 5.65 Å². The molecule has 3 aromatic heterocycles. The molecule has 0 N–H and O–H groups in total. The number of piperidine rings is 1. The van der Waals surface area contributed by atoms with Crippen LogP contribution in [-0.4, -0.2) is 39.1 Å². The van der Waals surface area contributed by atoms with E-state index in [1.165, 1.54) is 5.56 Å². The maximum Gasteiger partial charge on any atom is 0.165 e. The molecule has 1 fully saturated rings. The van der Waals surface area contributed by atoms with E-state index in [4.69, 9.17) is 4.74 Å². The summed E-state index contributed by atoms with van der Waals surface area (Å²) < 4.78 is 6.14. The lowest BCUT2D eigenvalue weighted by molar-refractivity contribution is 0.0313. The van der Waals surface area contributed by atoms with Crippen molar-refractivity contribution in [1.29, 1.82) is 0 Å². The first-order chi connectivity index (χ1) is 12.7. The first-order valence-corrected chi connectivity index (χ1v) is 9.05. The van der Waals surface area contributed by atoms with Crippen LogP contribution in [0.2, 0.25) is 0 Å². The predicted molar refractivity (Wildman–Crippen MR) is 101 cm³/mol. The summed E-state index contributed by atoms with van der Waals surface area (Å²) in [6.45, 7) is 6.50. The number of nitrogens with zero attached hydrogens (tertiary/aromatic N) is 5. The van der Waals surface area contributed by atoms with Crippen LogP contribution >= 0.6 is 0 Å². The van der Waals surface area contributed by atoms with E-state index in [9.17, 15) is 0 Å². The van der Waals surface area contributed by atoms with Crippen molar-refractivity contribution in [3.8, 4) is 0 Å². The Hall–Kier alpha value is -2.60. The third-order valence-electron chi connectivity index (χ3n) is 4.80. The van der Waals surface area contributed by atoms with Gasteiger partial charge < -0.3 is 9.64 Å². The quantitative estimate of drug-likeness (QED) is 0.721. The van der Waals surface area contributed by atoms with Crippen LogP contribution in [0, 0.1) is 13.8 Å². The second-order valence-electron chi connectivity index (χ2n) is 6.86. The Balaban J connectivity index is 1.54. The van der Waals surface area contributed by atoms with E-state index in [-0.39, 0.29) is 6.10 Å². The van der Waals surface area contributed by atoms with E-state index in [0.29, 0.717) is 6.61 Å². The molecule has 0 saturated carbocycles. The van der Waals surface area contributed by atoms with Crippen LogP contribution in [0.4, 0.5) is 5.82 Å². The smallest absolute Gasteiger partial charge is 0.165 e. The fourth-order valence-electron chi connectivity index (χ4n) is 3.59. The van der Waals surface area contributed by atoms with Crippen LogP contribution in [-0.2, 0) is 11.3 Å². The lowest BCUT2D eigenvalue weighted by Crippen LogP contribution is -2.40. The van der Waals surface area contributed by atoms with Gasteiger partial charge in [-0.1, -0.05) is 6.07 Å². The number of rotatable bonds is 4. The third-order valence-corrected chi connectivity index (χ3v) is 4.80. The lowest BCUT2D eigenvalue weighted by atomic mass is 10.1. The summed E-state index contributed by atoms with van der Waals surface area (Å²) in [6, 6.07) is 6.08. The maximum atomic E-state index is 6.14. The minimum atomic E-state index is 0.188. The van der Waals surface area contributed by atoms with Crippen molar-refractivity contribution in [3.63, 3.8) is 0 Å². The van der Waals surface area contributed by atoms with Crippen LogP contribution in [0.25, 0.3) is 11.0 Å². The number of hydrogen-bond acceptors (Lipinski definition) is 6. The van der Waals surface area contributed by atoms with E-state index in [0.717, 1.165) is 54.0 Å². The van der Waals surface area contributed by atoms with Gasteiger partial charge in [-0.2, -0.15) is 0 Å². The number of fused-ring (bicyclic) bond motifs is 1. The lowest BCUT2D eigenvalue weighted by Gasteiger charge is -2.34. The van der Waals surface area contributed by atoms with Crippen LogP contribution < -0.4 is 4.90 Å². The number of aryl methyl sites for hydroxylation is 2. The van der Waals surface area contributed by atoms with Gasteiger partial charge >= 0.3 is 0 Å². The Morgan fingerprint density at radius 3 is 3.04 bits per heavy atom. The molecule has 0 radical (unpaired) electrons. The monoisotopic (exact) mass is 349 g/mol. The molecule has 0 aromatic carbocycles. The van der Waals surface area contributed by atoms with Crippen LogP contribution in [0.1, 0.15) is 29.7 Å². The molecule has 1 aliphatic rings. The van der Waals surface area contributed by atoms with Gasteiger partial charge in [0.05, 0.1) is 18.1 Å². The standard InChI is InChI=1S/C20H23N5O/c1-14-9-15(2)24-19-18(14)20(23-13-22-19)25-8-4-6-17(11-25)26-12-16-5-3-7-21-10-16/h3,5,7,9-10,13,17H,4,6,8,11-12H2,1-2H3/t17-/m1/s1. The molecule has 26 heavy (non-hydrogen) atoms. The van der Waals surface area contributed by atoms with Gasteiger partial charge in [0.1, 0.15) is 12.1 Å². The number of pyridine rings is 2. The molecule has 1 atom stereocenters. The Bertz CT molecular complexity index is 899. The fourth-order valence-corrected chi connectivity index (χ4v) is 3.59. The summed E-state index contributed by atoms with van der Waals surface area (Å²) in [5.74, 6) is 0.967. The van der Waals surface area contributed by atoms with Crippen molar-refractivity contribution >= 4 is 16.9 Å². The molecule has 0 aliphatic carbocycles. The Morgan fingerprint density at radius 1 is 1.27 bits per heavy atom. The third kappa shape index (κ3) is 3.51. The summed E-state index contributed by atoms with van der Waals surface area (Å²) in [6.07, 6.45) is 7.59. The molecule has 4 heterocycles. The molecule has 3 aromatic rings. The van der Waals surface area contributed by atoms with Crippen molar-refractivity contribution < 1.29 is 4.74 Å². The van der Waals surface area contributed by atoms with Gasteiger partial charge in [-0.15, -0.1) is 0 Å². The Labute approximate surface area is 153 Å².